The van der Waals surface area contributed by atoms with Crippen LogP contribution >= 0.6 is 0 Å². The molecule has 1 rings (SSSR count). The highest BCUT2D eigenvalue weighted by molar-refractivity contribution is 5.94. The van der Waals surface area contributed by atoms with Crippen LogP contribution in [-0.2, 0) is 0 Å². The van der Waals surface area contributed by atoms with Gasteiger partial charge in [0.05, 0.1) is 11.2 Å². The van der Waals surface area contributed by atoms with Crippen molar-refractivity contribution < 1.29 is 15.0 Å². The predicted octanol–water partition coefficient (Wildman–Crippen LogP) is -0.419. The van der Waals surface area contributed by atoms with Crippen LogP contribution < -0.4 is 10.9 Å². The number of nitrogens with one attached hydrogen (secondary N) is 2. The van der Waals surface area contributed by atoms with Crippen molar-refractivity contribution >= 4 is 5.91 Å². The van der Waals surface area contributed by atoms with E-state index in [1.54, 1.807) is 13.8 Å². The van der Waals surface area contributed by atoms with Crippen molar-refractivity contribution in [2.45, 2.75) is 19.4 Å². The topological polar surface area (TPSA) is 102 Å². The summed E-state index contributed by atoms with van der Waals surface area (Å²) >= 11 is 0. The molecule has 0 aliphatic rings. The second-order valence-electron chi connectivity index (χ2n) is 4.11. The Morgan fingerprint density at radius 2 is 2.12 bits per heavy atom. The summed E-state index contributed by atoms with van der Waals surface area (Å²) in [5.74, 6) is -0.899. The van der Waals surface area contributed by atoms with Crippen LogP contribution in [0.15, 0.2) is 16.9 Å². The number of hydrogen-bond acceptors (Lipinski definition) is 4. The molecule has 1 aromatic heterocycles. The highest BCUT2D eigenvalue weighted by Crippen LogP contribution is 2.04. The van der Waals surface area contributed by atoms with Crippen LogP contribution in [0.3, 0.4) is 0 Å². The standard InChI is InChI=1S/C10H14N2O4/c1-10(2,16)5-11-9(15)6-3-7(13)12-8(14)4-6/h3-4,16H,5H2,1-2H3,(H,11,15)(H2,12,13,14). The molecule has 0 radical (unpaired) electrons. The van der Waals surface area contributed by atoms with E-state index in [4.69, 9.17) is 5.11 Å². The molecule has 0 spiro atoms. The molecular formula is C10H14N2O4. The van der Waals surface area contributed by atoms with Crippen LogP contribution in [0.4, 0.5) is 0 Å². The maximum absolute atomic E-state index is 11.5. The highest BCUT2D eigenvalue weighted by Gasteiger charge is 2.15. The molecule has 0 aromatic carbocycles. The molecule has 0 saturated carbocycles. The Bertz CT molecular complexity index is 445. The van der Waals surface area contributed by atoms with Crippen LogP contribution in [0.1, 0.15) is 24.2 Å². The number of pyridine rings is 1. The summed E-state index contributed by atoms with van der Waals surface area (Å²) in [5.41, 5.74) is -1.54. The first kappa shape index (κ1) is 12.3. The largest absolute Gasteiger partial charge is 0.494 e. The molecule has 0 saturated heterocycles. The quantitative estimate of drug-likeness (QED) is 0.562. The summed E-state index contributed by atoms with van der Waals surface area (Å²) in [6, 6.07) is 2.21. The van der Waals surface area contributed by atoms with Gasteiger partial charge < -0.3 is 15.5 Å². The van der Waals surface area contributed by atoms with Crippen LogP contribution in [0, 0.1) is 0 Å². The summed E-state index contributed by atoms with van der Waals surface area (Å²) in [7, 11) is 0. The third kappa shape index (κ3) is 3.74. The van der Waals surface area contributed by atoms with Gasteiger partial charge in [-0.2, -0.15) is 0 Å². The summed E-state index contributed by atoms with van der Waals surface area (Å²) in [5, 5.41) is 20.9. The number of rotatable bonds is 3. The number of aromatic nitrogens is 1. The lowest BCUT2D eigenvalue weighted by Gasteiger charge is -2.17. The van der Waals surface area contributed by atoms with E-state index in [9.17, 15) is 14.7 Å². The zero-order valence-electron chi connectivity index (χ0n) is 9.07. The number of aromatic amines is 1. The summed E-state index contributed by atoms with van der Waals surface area (Å²) in [6.07, 6.45) is 0. The van der Waals surface area contributed by atoms with E-state index in [1.165, 1.54) is 0 Å². The van der Waals surface area contributed by atoms with E-state index >= 15 is 0 Å². The number of aliphatic hydroxyl groups is 1. The second-order valence-corrected chi connectivity index (χ2v) is 4.11. The Kier molecular flexibility index (Phi) is 3.34. The summed E-state index contributed by atoms with van der Waals surface area (Å²) < 4.78 is 0. The van der Waals surface area contributed by atoms with Gasteiger partial charge in [0.15, 0.2) is 5.88 Å². The van der Waals surface area contributed by atoms with E-state index in [2.05, 4.69) is 10.3 Å². The Hall–Kier alpha value is -1.82. The van der Waals surface area contributed by atoms with Gasteiger partial charge in [0.1, 0.15) is 0 Å². The van der Waals surface area contributed by atoms with Crippen molar-refractivity contribution in [3.8, 4) is 5.88 Å². The molecule has 0 bridgehead atoms. The van der Waals surface area contributed by atoms with E-state index in [1.807, 2.05) is 0 Å². The molecule has 0 aliphatic carbocycles. The van der Waals surface area contributed by atoms with Crippen LogP contribution in [0.5, 0.6) is 5.88 Å². The molecule has 0 aliphatic heterocycles. The van der Waals surface area contributed by atoms with E-state index in [0.29, 0.717) is 0 Å². The van der Waals surface area contributed by atoms with Gasteiger partial charge in [0, 0.05) is 18.7 Å². The Morgan fingerprint density at radius 1 is 1.50 bits per heavy atom. The van der Waals surface area contributed by atoms with Crippen molar-refractivity contribution in [3.63, 3.8) is 0 Å². The lowest BCUT2D eigenvalue weighted by atomic mass is 10.1. The number of amides is 1. The van der Waals surface area contributed by atoms with Gasteiger partial charge in [-0.15, -0.1) is 0 Å². The SMILES string of the molecule is CC(C)(O)CNC(=O)c1cc(O)[nH]c(=O)c1. The molecular weight excluding hydrogens is 212 g/mol. The third-order valence-electron chi connectivity index (χ3n) is 1.77. The van der Waals surface area contributed by atoms with Gasteiger partial charge in [-0.1, -0.05) is 0 Å². The molecule has 6 nitrogen and oxygen atoms in total. The van der Waals surface area contributed by atoms with Crippen molar-refractivity contribution in [2.75, 3.05) is 6.54 Å². The minimum atomic E-state index is -1.03. The second kappa shape index (κ2) is 4.36. The first-order valence-electron chi connectivity index (χ1n) is 4.72. The van der Waals surface area contributed by atoms with Crippen molar-refractivity contribution in [2.24, 2.45) is 0 Å². The Balaban J connectivity index is 2.77. The van der Waals surface area contributed by atoms with Crippen molar-refractivity contribution in [1.82, 2.24) is 10.3 Å². The number of aromatic hydroxyl groups is 1. The highest BCUT2D eigenvalue weighted by atomic mass is 16.3. The fraction of sp³-hybridized carbons (Fsp3) is 0.400. The first-order valence-corrected chi connectivity index (χ1v) is 4.72. The first-order chi connectivity index (χ1) is 7.28. The zero-order valence-corrected chi connectivity index (χ0v) is 9.07. The molecule has 1 heterocycles. The van der Waals surface area contributed by atoms with Crippen LogP contribution in [-0.4, -0.2) is 33.3 Å². The number of carbonyl (C=O) groups excluding carboxylic acids is 1. The van der Waals surface area contributed by atoms with E-state index in [-0.39, 0.29) is 18.0 Å². The summed E-state index contributed by atoms with van der Waals surface area (Å²) in [4.78, 5) is 24.6. The lowest BCUT2D eigenvalue weighted by Crippen LogP contribution is -2.38. The maximum Gasteiger partial charge on any atom is 0.251 e. The summed E-state index contributed by atoms with van der Waals surface area (Å²) in [6.45, 7) is 3.14. The van der Waals surface area contributed by atoms with Gasteiger partial charge in [-0.25, -0.2) is 0 Å². The van der Waals surface area contributed by atoms with Crippen molar-refractivity contribution in [1.29, 1.82) is 0 Å². The molecule has 16 heavy (non-hydrogen) atoms. The molecule has 1 aromatic rings. The smallest absolute Gasteiger partial charge is 0.251 e. The lowest BCUT2D eigenvalue weighted by molar-refractivity contribution is 0.0694. The van der Waals surface area contributed by atoms with E-state index in [0.717, 1.165) is 12.1 Å². The zero-order chi connectivity index (χ0) is 12.3. The molecule has 6 heteroatoms. The van der Waals surface area contributed by atoms with Gasteiger partial charge >= 0.3 is 0 Å². The maximum atomic E-state index is 11.5. The Morgan fingerprint density at radius 3 is 2.62 bits per heavy atom. The van der Waals surface area contributed by atoms with Gasteiger partial charge in [-0.05, 0) is 13.8 Å². The molecule has 0 atom stereocenters. The van der Waals surface area contributed by atoms with Gasteiger partial charge in [-0.3, -0.25) is 14.6 Å². The molecule has 4 N–H and O–H groups in total. The third-order valence-corrected chi connectivity index (χ3v) is 1.77. The minimum absolute atomic E-state index is 0.0468. The van der Waals surface area contributed by atoms with E-state index < -0.39 is 17.1 Å². The Labute approximate surface area is 91.9 Å². The number of H-pyrrole nitrogens is 1. The molecule has 88 valence electrons. The average Bonchev–Trinajstić information content (AvgIpc) is 2.11. The fourth-order valence-corrected chi connectivity index (χ4v) is 1.06. The van der Waals surface area contributed by atoms with Gasteiger partial charge in [0.2, 0.25) is 0 Å². The predicted molar refractivity (Wildman–Crippen MR) is 57.4 cm³/mol. The fourth-order valence-electron chi connectivity index (χ4n) is 1.06. The average molecular weight is 226 g/mol. The normalized spacial score (nSPS) is 11.2. The number of carbonyl (C=O) groups is 1. The van der Waals surface area contributed by atoms with Crippen LogP contribution in [0.25, 0.3) is 0 Å². The monoisotopic (exact) mass is 226 g/mol. The van der Waals surface area contributed by atoms with Crippen LogP contribution in [0.2, 0.25) is 0 Å². The molecule has 0 unspecified atom stereocenters. The van der Waals surface area contributed by atoms with Crippen molar-refractivity contribution in [3.05, 3.63) is 28.0 Å². The number of hydrogen-bond donors (Lipinski definition) is 4. The minimum Gasteiger partial charge on any atom is -0.494 e. The molecule has 0 fully saturated rings. The van der Waals surface area contributed by atoms with Gasteiger partial charge in [0.25, 0.3) is 11.5 Å². The molecule has 1 amide bonds.